The van der Waals surface area contributed by atoms with Gasteiger partial charge in [-0.15, -0.1) is 0 Å². The molecule has 0 radical (unpaired) electrons. The summed E-state index contributed by atoms with van der Waals surface area (Å²) in [6.45, 7) is 0. The van der Waals surface area contributed by atoms with Crippen LogP contribution in [0.4, 0.5) is 11.4 Å². The minimum absolute atomic E-state index is 0.0755. The van der Waals surface area contributed by atoms with E-state index < -0.39 is 10.0 Å². The number of hydrogen-bond acceptors (Lipinski definition) is 4. The number of phenolic OH excluding ortho intramolecular Hbond substituents is 1. The fourth-order valence-corrected chi connectivity index (χ4v) is 1.57. The molecule has 0 aliphatic carbocycles. The van der Waals surface area contributed by atoms with E-state index in [0.717, 1.165) is 6.26 Å². The van der Waals surface area contributed by atoms with Crippen molar-refractivity contribution in [2.75, 3.05) is 23.3 Å². The fraction of sp³-hybridized carbons (Fsp3) is 0.250. The van der Waals surface area contributed by atoms with Gasteiger partial charge >= 0.3 is 0 Å². The van der Waals surface area contributed by atoms with Crippen LogP contribution in [0.1, 0.15) is 0 Å². The molecule has 0 saturated heterocycles. The lowest BCUT2D eigenvalue weighted by atomic mass is 10.2. The summed E-state index contributed by atoms with van der Waals surface area (Å²) in [5, 5.41) is 12.0. The van der Waals surface area contributed by atoms with E-state index >= 15 is 0 Å². The molecule has 0 amide bonds. The zero-order valence-electron chi connectivity index (χ0n) is 7.90. The summed E-state index contributed by atoms with van der Waals surface area (Å²) in [5.74, 6) is 0.0755. The van der Waals surface area contributed by atoms with E-state index in [4.69, 9.17) is 0 Å². The van der Waals surface area contributed by atoms with Crippen molar-refractivity contribution in [1.82, 2.24) is 0 Å². The molecule has 6 heteroatoms. The number of anilines is 2. The Morgan fingerprint density at radius 1 is 1.36 bits per heavy atom. The smallest absolute Gasteiger partial charge is 0.229 e. The standard InChI is InChI=1S/C8H12N2O3S/c1-9-7-5-6(3-4-8(7)11)10-14(2,12)13/h3-5,9-11H,1-2H3. The summed E-state index contributed by atoms with van der Waals surface area (Å²) in [6, 6.07) is 4.41. The van der Waals surface area contributed by atoms with Gasteiger partial charge in [0, 0.05) is 7.05 Å². The molecule has 0 unspecified atom stereocenters. The summed E-state index contributed by atoms with van der Waals surface area (Å²) in [5.41, 5.74) is 0.883. The summed E-state index contributed by atoms with van der Waals surface area (Å²) in [7, 11) is -1.64. The molecule has 1 aromatic rings. The predicted octanol–water partition coefficient (Wildman–Crippen LogP) is 0.805. The number of sulfonamides is 1. The van der Waals surface area contributed by atoms with Crippen LogP contribution in [0.15, 0.2) is 18.2 Å². The lowest BCUT2D eigenvalue weighted by Crippen LogP contribution is -2.09. The zero-order chi connectivity index (χ0) is 10.8. The highest BCUT2D eigenvalue weighted by atomic mass is 32.2. The van der Waals surface area contributed by atoms with Gasteiger partial charge in [0.2, 0.25) is 10.0 Å². The zero-order valence-corrected chi connectivity index (χ0v) is 8.72. The van der Waals surface area contributed by atoms with Crippen LogP contribution in [0, 0.1) is 0 Å². The maximum absolute atomic E-state index is 10.9. The Labute approximate surface area is 82.8 Å². The average molecular weight is 216 g/mol. The quantitative estimate of drug-likeness (QED) is 0.516. The molecule has 14 heavy (non-hydrogen) atoms. The highest BCUT2D eigenvalue weighted by Gasteiger charge is 2.04. The van der Waals surface area contributed by atoms with Crippen LogP contribution in [-0.4, -0.2) is 26.8 Å². The Hall–Kier alpha value is -1.43. The Bertz CT molecular complexity index is 428. The molecule has 0 aliphatic rings. The number of rotatable bonds is 3. The fourth-order valence-electron chi connectivity index (χ4n) is 1.01. The van der Waals surface area contributed by atoms with E-state index in [1.165, 1.54) is 18.2 Å². The Morgan fingerprint density at radius 3 is 2.50 bits per heavy atom. The SMILES string of the molecule is CNc1cc(NS(C)(=O)=O)ccc1O. The molecule has 5 nitrogen and oxygen atoms in total. The normalized spacial score (nSPS) is 11.0. The minimum Gasteiger partial charge on any atom is -0.506 e. The van der Waals surface area contributed by atoms with E-state index in [9.17, 15) is 13.5 Å². The molecular weight excluding hydrogens is 204 g/mol. The molecule has 0 aromatic heterocycles. The molecule has 1 aromatic carbocycles. The molecule has 0 fully saturated rings. The van der Waals surface area contributed by atoms with Crippen LogP contribution in [0.3, 0.4) is 0 Å². The van der Waals surface area contributed by atoms with E-state index in [1.54, 1.807) is 7.05 Å². The van der Waals surface area contributed by atoms with Crippen molar-refractivity contribution in [1.29, 1.82) is 0 Å². The van der Waals surface area contributed by atoms with E-state index in [2.05, 4.69) is 10.0 Å². The van der Waals surface area contributed by atoms with Crippen molar-refractivity contribution in [3.63, 3.8) is 0 Å². The number of aromatic hydroxyl groups is 1. The van der Waals surface area contributed by atoms with Gasteiger partial charge in [0.05, 0.1) is 17.6 Å². The van der Waals surface area contributed by atoms with Crippen molar-refractivity contribution in [3.8, 4) is 5.75 Å². The van der Waals surface area contributed by atoms with Gasteiger partial charge in [-0.2, -0.15) is 0 Å². The third-order valence-corrected chi connectivity index (χ3v) is 2.18. The third-order valence-electron chi connectivity index (χ3n) is 1.57. The molecule has 0 heterocycles. The van der Waals surface area contributed by atoms with Crippen molar-refractivity contribution in [2.45, 2.75) is 0 Å². The molecule has 0 bridgehead atoms. The van der Waals surface area contributed by atoms with Crippen LogP contribution in [0.5, 0.6) is 5.75 Å². The first-order valence-corrected chi connectivity index (χ1v) is 5.80. The second-order valence-electron chi connectivity index (χ2n) is 2.86. The Morgan fingerprint density at radius 2 is 2.00 bits per heavy atom. The van der Waals surface area contributed by atoms with E-state index in [-0.39, 0.29) is 5.75 Å². The van der Waals surface area contributed by atoms with Crippen LogP contribution in [0.25, 0.3) is 0 Å². The van der Waals surface area contributed by atoms with Crippen molar-refractivity contribution < 1.29 is 13.5 Å². The second-order valence-corrected chi connectivity index (χ2v) is 4.60. The number of nitrogens with one attached hydrogen (secondary N) is 2. The van der Waals surface area contributed by atoms with Crippen molar-refractivity contribution >= 4 is 21.4 Å². The summed E-state index contributed by atoms with van der Waals surface area (Å²) < 4.78 is 24.1. The highest BCUT2D eigenvalue weighted by Crippen LogP contribution is 2.26. The Kier molecular flexibility index (Phi) is 2.85. The van der Waals surface area contributed by atoms with Crippen LogP contribution >= 0.6 is 0 Å². The topological polar surface area (TPSA) is 78.4 Å². The van der Waals surface area contributed by atoms with Gasteiger partial charge in [-0.25, -0.2) is 8.42 Å². The van der Waals surface area contributed by atoms with E-state index in [1.807, 2.05) is 0 Å². The summed E-state index contributed by atoms with van der Waals surface area (Å²) in [4.78, 5) is 0. The molecule has 3 N–H and O–H groups in total. The van der Waals surface area contributed by atoms with Gasteiger partial charge in [0.15, 0.2) is 0 Å². The van der Waals surface area contributed by atoms with Gasteiger partial charge in [-0.1, -0.05) is 0 Å². The molecule has 78 valence electrons. The largest absolute Gasteiger partial charge is 0.506 e. The second kappa shape index (κ2) is 3.75. The number of phenols is 1. The predicted molar refractivity (Wildman–Crippen MR) is 56.1 cm³/mol. The van der Waals surface area contributed by atoms with Crippen LogP contribution in [0.2, 0.25) is 0 Å². The lowest BCUT2D eigenvalue weighted by molar-refractivity contribution is 0.477. The van der Waals surface area contributed by atoms with Gasteiger partial charge in [0.25, 0.3) is 0 Å². The monoisotopic (exact) mass is 216 g/mol. The maximum atomic E-state index is 10.9. The van der Waals surface area contributed by atoms with Gasteiger partial charge < -0.3 is 10.4 Å². The first-order chi connectivity index (χ1) is 6.42. The Balaban J connectivity index is 3.01. The maximum Gasteiger partial charge on any atom is 0.229 e. The average Bonchev–Trinajstić information content (AvgIpc) is 2.06. The third kappa shape index (κ3) is 2.81. The number of hydrogen-bond donors (Lipinski definition) is 3. The van der Waals surface area contributed by atoms with Gasteiger partial charge in [-0.3, -0.25) is 4.72 Å². The first-order valence-electron chi connectivity index (χ1n) is 3.91. The van der Waals surface area contributed by atoms with Crippen molar-refractivity contribution in [2.24, 2.45) is 0 Å². The number of benzene rings is 1. The van der Waals surface area contributed by atoms with Crippen LogP contribution in [-0.2, 0) is 10.0 Å². The molecule has 0 aliphatic heterocycles. The lowest BCUT2D eigenvalue weighted by Gasteiger charge is -2.07. The molecule has 0 spiro atoms. The molecular formula is C8H12N2O3S. The van der Waals surface area contributed by atoms with Gasteiger partial charge in [0.1, 0.15) is 5.75 Å². The minimum atomic E-state index is -3.27. The summed E-state index contributed by atoms with van der Waals surface area (Å²) >= 11 is 0. The molecule has 0 saturated carbocycles. The molecule has 1 rings (SSSR count). The van der Waals surface area contributed by atoms with Crippen LogP contribution < -0.4 is 10.0 Å². The molecule has 0 atom stereocenters. The highest BCUT2D eigenvalue weighted by molar-refractivity contribution is 7.92. The van der Waals surface area contributed by atoms with E-state index in [0.29, 0.717) is 11.4 Å². The first kappa shape index (κ1) is 10.6. The van der Waals surface area contributed by atoms with Crippen molar-refractivity contribution in [3.05, 3.63) is 18.2 Å². The van der Waals surface area contributed by atoms with Gasteiger partial charge in [-0.05, 0) is 18.2 Å². The summed E-state index contributed by atoms with van der Waals surface area (Å²) in [6.07, 6.45) is 1.07.